The normalized spacial score (nSPS) is 37.1. The Bertz CT molecular complexity index is 336. The average Bonchev–Trinajstić information content (AvgIpc) is 2.82. The predicted molar refractivity (Wildman–Crippen MR) is 78.2 cm³/mol. The SMILES string of the molecule is OC1(NC2=NCCCC2)CCCC1C1CCCCC1. The molecule has 3 heteroatoms. The predicted octanol–water partition coefficient (Wildman–Crippen LogP) is 3.23. The molecule has 0 spiro atoms. The third kappa shape index (κ3) is 2.96. The van der Waals surface area contributed by atoms with Crippen LogP contribution in [0.15, 0.2) is 4.99 Å². The fraction of sp³-hybridized carbons (Fsp3) is 0.938. The van der Waals surface area contributed by atoms with Gasteiger partial charge in [0.15, 0.2) is 0 Å². The third-order valence-corrected chi connectivity index (χ3v) is 5.39. The largest absolute Gasteiger partial charge is 0.371 e. The quantitative estimate of drug-likeness (QED) is 0.752. The van der Waals surface area contributed by atoms with E-state index in [1.54, 1.807) is 0 Å². The first-order valence-electron chi connectivity index (χ1n) is 8.32. The monoisotopic (exact) mass is 264 g/mol. The van der Waals surface area contributed by atoms with Gasteiger partial charge in [0.1, 0.15) is 5.72 Å². The van der Waals surface area contributed by atoms with E-state index < -0.39 is 5.72 Å². The average molecular weight is 264 g/mol. The zero-order valence-corrected chi connectivity index (χ0v) is 12.0. The molecule has 2 aliphatic carbocycles. The zero-order chi connectivity index (χ0) is 13.1. The number of hydrogen-bond donors (Lipinski definition) is 2. The molecular weight excluding hydrogens is 236 g/mol. The molecular formula is C16H28N2O. The second-order valence-corrected chi connectivity index (χ2v) is 6.73. The van der Waals surface area contributed by atoms with E-state index in [4.69, 9.17) is 0 Å². The number of aliphatic hydroxyl groups is 1. The minimum absolute atomic E-state index is 0.456. The van der Waals surface area contributed by atoms with Crippen molar-refractivity contribution < 1.29 is 5.11 Å². The molecule has 2 atom stereocenters. The summed E-state index contributed by atoms with van der Waals surface area (Å²) < 4.78 is 0. The Balaban J connectivity index is 1.67. The van der Waals surface area contributed by atoms with Crippen molar-refractivity contribution in [3.05, 3.63) is 0 Å². The lowest BCUT2D eigenvalue weighted by Gasteiger charge is -2.39. The number of rotatable bonds is 2. The lowest BCUT2D eigenvalue weighted by atomic mass is 9.76. The molecule has 108 valence electrons. The summed E-state index contributed by atoms with van der Waals surface area (Å²) >= 11 is 0. The molecule has 2 N–H and O–H groups in total. The summed E-state index contributed by atoms with van der Waals surface area (Å²) in [7, 11) is 0. The van der Waals surface area contributed by atoms with Crippen LogP contribution in [0.4, 0.5) is 0 Å². The molecule has 0 aromatic heterocycles. The molecule has 2 fully saturated rings. The molecule has 1 aliphatic heterocycles. The summed E-state index contributed by atoms with van der Waals surface area (Å²) in [6, 6.07) is 0. The van der Waals surface area contributed by atoms with Gasteiger partial charge in [-0.25, -0.2) is 0 Å². The third-order valence-electron chi connectivity index (χ3n) is 5.39. The van der Waals surface area contributed by atoms with Crippen LogP contribution < -0.4 is 5.32 Å². The molecule has 0 bridgehead atoms. The standard InChI is InChI=1S/C16H28N2O/c19-16(18-15-10-4-5-12-17-15)11-6-9-14(16)13-7-2-1-3-8-13/h13-14,19H,1-12H2,(H,17,18). The first kappa shape index (κ1) is 13.4. The number of hydrogen-bond acceptors (Lipinski definition) is 3. The summed E-state index contributed by atoms with van der Waals surface area (Å²) in [6.07, 6.45) is 13.5. The van der Waals surface area contributed by atoms with Crippen molar-refractivity contribution in [2.75, 3.05) is 6.54 Å². The number of aliphatic imine (C=N–C) groups is 1. The van der Waals surface area contributed by atoms with Crippen LogP contribution in [0.2, 0.25) is 0 Å². The zero-order valence-electron chi connectivity index (χ0n) is 12.0. The van der Waals surface area contributed by atoms with E-state index in [1.165, 1.54) is 51.4 Å². The van der Waals surface area contributed by atoms with Crippen LogP contribution in [-0.2, 0) is 0 Å². The topological polar surface area (TPSA) is 44.6 Å². The first-order chi connectivity index (χ1) is 9.28. The number of amidine groups is 1. The summed E-state index contributed by atoms with van der Waals surface area (Å²) in [5.74, 6) is 2.26. The Morgan fingerprint density at radius 1 is 1.00 bits per heavy atom. The molecule has 0 saturated heterocycles. The Labute approximate surface area is 116 Å². The van der Waals surface area contributed by atoms with Crippen LogP contribution in [0, 0.1) is 11.8 Å². The van der Waals surface area contributed by atoms with Crippen LogP contribution in [0.1, 0.15) is 70.6 Å². The van der Waals surface area contributed by atoms with Gasteiger partial charge in [-0.15, -0.1) is 0 Å². The lowest BCUT2D eigenvalue weighted by Crippen LogP contribution is -2.53. The van der Waals surface area contributed by atoms with Crippen LogP contribution in [-0.4, -0.2) is 23.2 Å². The van der Waals surface area contributed by atoms with Gasteiger partial charge in [0.25, 0.3) is 0 Å². The van der Waals surface area contributed by atoms with Crippen molar-refractivity contribution in [3.8, 4) is 0 Å². The van der Waals surface area contributed by atoms with E-state index >= 15 is 0 Å². The highest BCUT2D eigenvalue weighted by Gasteiger charge is 2.45. The lowest BCUT2D eigenvalue weighted by molar-refractivity contribution is -0.0412. The van der Waals surface area contributed by atoms with Gasteiger partial charge >= 0.3 is 0 Å². The van der Waals surface area contributed by atoms with Crippen LogP contribution in [0.25, 0.3) is 0 Å². The summed E-state index contributed by atoms with van der Waals surface area (Å²) in [5.41, 5.74) is -0.655. The van der Waals surface area contributed by atoms with Crippen molar-refractivity contribution >= 4 is 5.84 Å². The molecule has 3 nitrogen and oxygen atoms in total. The molecule has 0 amide bonds. The Morgan fingerprint density at radius 3 is 2.58 bits per heavy atom. The summed E-state index contributed by atoms with van der Waals surface area (Å²) in [5, 5.41) is 14.5. The van der Waals surface area contributed by atoms with E-state index in [2.05, 4.69) is 10.3 Å². The van der Waals surface area contributed by atoms with E-state index in [0.29, 0.717) is 5.92 Å². The number of nitrogens with one attached hydrogen (secondary N) is 1. The molecule has 1 heterocycles. The fourth-order valence-electron chi connectivity index (χ4n) is 4.38. The van der Waals surface area contributed by atoms with E-state index in [-0.39, 0.29) is 0 Å². The van der Waals surface area contributed by atoms with Gasteiger partial charge in [0.05, 0.1) is 5.84 Å². The van der Waals surface area contributed by atoms with Crippen LogP contribution >= 0.6 is 0 Å². The maximum atomic E-state index is 11.1. The van der Waals surface area contributed by atoms with Gasteiger partial charge in [0.2, 0.25) is 0 Å². The fourth-order valence-corrected chi connectivity index (χ4v) is 4.38. The second kappa shape index (κ2) is 5.82. The minimum Gasteiger partial charge on any atom is -0.371 e. The van der Waals surface area contributed by atoms with Gasteiger partial charge in [-0.1, -0.05) is 32.1 Å². The van der Waals surface area contributed by atoms with Crippen LogP contribution in [0.3, 0.4) is 0 Å². The van der Waals surface area contributed by atoms with E-state index in [9.17, 15) is 5.11 Å². The Kier molecular flexibility index (Phi) is 4.11. The number of nitrogens with zero attached hydrogens (tertiary/aromatic N) is 1. The molecule has 3 rings (SSSR count). The van der Waals surface area contributed by atoms with Crippen molar-refractivity contribution in [2.45, 2.75) is 76.4 Å². The van der Waals surface area contributed by atoms with Gasteiger partial charge in [-0.2, -0.15) is 0 Å². The highest BCUT2D eigenvalue weighted by atomic mass is 16.3. The molecule has 0 aromatic rings. The minimum atomic E-state index is -0.655. The first-order valence-corrected chi connectivity index (χ1v) is 8.32. The maximum absolute atomic E-state index is 11.1. The van der Waals surface area contributed by atoms with Gasteiger partial charge in [-0.3, -0.25) is 4.99 Å². The van der Waals surface area contributed by atoms with Crippen molar-refractivity contribution in [3.63, 3.8) is 0 Å². The molecule has 19 heavy (non-hydrogen) atoms. The summed E-state index contributed by atoms with van der Waals surface area (Å²) in [4.78, 5) is 4.56. The molecule has 2 unspecified atom stereocenters. The van der Waals surface area contributed by atoms with E-state index in [1.807, 2.05) is 0 Å². The second-order valence-electron chi connectivity index (χ2n) is 6.73. The van der Waals surface area contributed by atoms with Crippen molar-refractivity contribution in [2.24, 2.45) is 16.8 Å². The van der Waals surface area contributed by atoms with Crippen LogP contribution in [0.5, 0.6) is 0 Å². The maximum Gasteiger partial charge on any atom is 0.139 e. The van der Waals surface area contributed by atoms with Crippen molar-refractivity contribution in [1.29, 1.82) is 0 Å². The van der Waals surface area contributed by atoms with Gasteiger partial charge in [0, 0.05) is 18.9 Å². The Morgan fingerprint density at radius 2 is 1.84 bits per heavy atom. The molecule has 2 saturated carbocycles. The molecule has 0 radical (unpaired) electrons. The molecule has 3 aliphatic rings. The molecule has 0 aromatic carbocycles. The van der Waals surface area contributed by atoms with E-state index in [0.717, 1.165) is 37.6 Å². The highest BCUT2D eigenvalue weighted by Crippen LogP contribution is 2.44. The smallest absolute Gasteiger partial charge is 0.139 e. The summed E-state index contributed by atoms with van der Waals surface area (Å²) in [6.45, 7) is 0.937. The van der Waals surface area contributed by atoms with Gasteiger partial charge in [-0.05, 0) is 38.0 Å². The highest BCUT2D eigenvalue weighted by molar-refractivity contribution is 5.83. The Hall–Kier alpha value is -0.570. The van der Waals surface area contributed by atoms with Gasteiger partial charge < -0.3 is 10.4 Å². The van der Waals surface area contributed by atoms with Crippen molar-refractivity contribution in [1.82, 2.24) is 5.32 Å².